The summed E-state index contributed by atoms with van der Waals surface area (Å²) in [5, 5.41) is 6.86. The SMILES string of the molecule is CCS[C@]12CCC[C@H](C1)c1c(Cl)nc(NC(=O)C(C)(C)C)nc1N2. The first-order chi connectivity index (χ1) is 11.2. The molecule has 2 N–H and O–H groups in total. The molecule has 2 heterocycles. The largest absolute Gasteiger partial charge is 0.355 e. The maximum atomic E-state index is 12.2. The average Bonchev–Trinajstić information content (AvgIpc) is 2.45. The van der Waals surface area contributed by atoms with E-state index in [1.54, 1.807) is 0 Å². The van der Waals surface area contributed by atoms with E-state index in [-0.39, 0.29) is 16.7 Å². The molecule has 1 aromatic heterocycles. The van der Waals surface area contributed by atoms with Crippen LogP contribution >= 0.6 is 23.4 Å². The van der Waals surface area contributed by atoms with Crippen molar-refractivity contribution < 1.29 is 4.79 Å². The van der Waals surface area contributed by atoms with Crippen molar-refractivity contribution in [3.8, 4) is 0 Å². The lowest BCUT2D eigenvalue weighted by Crippen LogP contribution is -2.44. The van der Waals surface area contributed by atoms with Gasteiger partial charge in [-0.25, -0.2) is 4.98 Å². The Kier molecular flexibility index (Phi) is 4.73. The van der Waals surface area contributed by atoms with Gasteiger partial charge in [0.15, 0.2) is 0 Å². The van der Waals surface area contributed by atoms with Crippen molar-refractivity contribution in [3.05, 3.63) is 10.7 Å². The Balaban J connectivity index is 1.94. The Bertz CT molecular complexity index is 657. The molecule has 1 aliphatic heterocycles. The maximum Gasteiger partial charge on any atom is 0.232 e. The first-order valence-electron chi connectivity index (χ1n) is 8.55. The summed E-state index contributed by atoms with van der Waals surface area (Å²) in [6.07, 6.45) is 4.50. The van der Waals surface area contributed by atoms with Gasteiger partial charge in [-0.15, -0.1) is 11.8 Å². The number of nitrogens with zero attached hydrogens (tertiary/aromatic N) is 2. The molecule has 7 heteroatoms. The lowest BCUT2D eigenvalue weighted by atomic mass is 9.78. The van der Waals surface area contributed by atoms with Crippen LogP contribution in [0.2, 0.25) is 5.15 Å². The van der Waals surface area contributed by atoms with Gasteiger partial charge in [0.25, 0.3) is 0 Å². The van der Waals surface area contributed by atoms with E-state index in [9.17, 15) is 4.79 Å². The zero-order valence-corrected chi connectivity index (χ0v) is 16.3. The van der Waals surface area contributed by atoms with Crippen molar-refractivity contribution in [1.29, 1.82) is 0 Å². The highest BCUT2D eigenvalue weighted by Gasteiger charge is 2.43. The Labute approximate surface area is 152 Å². The summed E-state index contributed by atoms with van der Waals surface area (Å²) in [6.45, 7) is 7.76. The van der Waals surface area contributed by atoms with Crippen LogP contribution in [0.15, 0.2) is 0 Å². The number of aromatic nitrogens is 2. The van der Waals surface area contributed by atoms with Crippen LogP contribution in [-0.4, -0.2) is 26.5 Å². The third-order valence-electron chi connectivity index (χ3n) is 4.69. The van der Waals surface area contributed by atoms with Crippen LogP contribution in [0.3, 0.4) is 0 Å². The summed E-state index contributed by atoms with van der Waals surface area (Å²) >= 11 is 8.41. The number of fused-ring (bicyclic) bond motifs is 4. The molecular formula is C17H25ClN4OS. The number of halogens is 1. The topological polar surface area (TPSA) is 66.9 Å². The molecule has 1 fully saturated rings. The molecule has 0 aromatic carbocycles. The van der Waals surface area contributed by atoms with E-state index in [4.69, 9.17) is 11.6 Å². The Hall–Kier alpha value is -1.01. The van der Waals surface area contributed by atoms with E-state index >= 15 is 0 Å². The molecule has 1 aliphatic carbocycles. The Morgan fingerprint density at radius 3 is 2.88 bits per heavy atom. The van der Waals surface area contributed by atoms with Crippen molar-refractivity contribution in [1.82, 2.24) is 9.97 Å². The van der Waals surface area contributed by atoms with Crippen molar-refractivity contribution >= 4 is 41.0 Å². The van der Waals surface area contributed by atoms with Crippen molar-refractivity contribution in [2.75, 3.05) is 16.4 Å². The minimum atomic E-state index is -0.505. The van der Waals surface area contributed by atoms with E-state index in [0.717, 1.165) is 36.4 Å². The number of carbonyl (C=O) groups is 1. The minimum Gasteiger partial charge on any atom is -0.355 e. The molecule has 1 saturated carbocycles. The van der Waals surface area contributed by atoms with Gasteiger partial charge in [0, 0.05) is 11.0 Å². The lowest BCUT2D eigenvalue weighted by Gasteiger charge is -2.46. The fourth-order valence-corrected chi connectivity index (χ4v) is 5.15. The van der Waals surface area contributed by atoms with Crippen LogP contribution in [0.5, 0.6) is 0 Å². The maximum absolute atomic E-state index is 12.2. The number of amides is 1. The standard InChI is InChI=1S/C17H25ClN4OS/c1-5-24-17-8-6-7-10(9-17)11-12(18)19-15(20-13(11)22-17)21-14(23)16(2,3)4/h10H,5-9H2,1-4H3,(H2,19,20,21,22,23)/t10-,17-/m1/s1. The molecule has 0 saturated heterocycles. The number of thioether (sulfide) groups is 1. The van der Waals surface area contributed by atoms with E-state index in [1.807, 2.05) is 32.5 Å². The van der Waals surface area contributed by atoms with Crippen molar-refractivity contribution in [2.45, 2.75) is 64.2 Å². The van der Waals surface area contributed by atoms with Gasteiger partial charge in [0.1, 0.15) is 11.0 Å². The summed E-state index contributed by atoms with van der Waals surface area (Å²) in [5.41, 5.74) is 0.507. The lowest BCUT2D eigenvalue weighted by molar-refractivity contribution is -0.123. The van der Waals surface area contributed by atoms with E-state index < -0.39 is 5.41 Å². The molecule has 1 aromatic rings. The van der Waals surface area contributed by atoms with Crippen LogP contribution in [0.25, 0.3) is 0 Å². The zero-order chi connectivity index (χ0) is 17.5. The van der Waals surface area contributed by atoms with E-state index in [2.05, 4.69) is 27.5 Å². The predicted octanol–water partition coefficient (Wildman–Crippen LogP) is 4.65. The number of rotatable bonds is 3. The Morgan fingerprint density at radius 1 is 1.46 bits per heavy atom. The first-order valence-corrected chi connectivity index (χ1v) is 9.91. The molecule has 2 atom stereocenters. The quantitative estimate of drug-likeness (QED) is 0.760. The van der Waals surface area contributed by atoms with Crippen LogP contribution in [0.4, 0.5) is 11.8 Å². The second kappa shape index (κ2) is 6.37. The third kappa shape index (κ3) is 3.36. The molecule has 1 amide bonds. The van der Waals surface area contributed by atoms with Gasteiger partial charge >= 0.3 is 0 Å². The van der Waals surface area contributed by atoms with Gasteiger partial charge in [0.05, 0.1) is 4.87 Å². The van der Waals surface area contributed by atoms with Gasteiger partial charge in [0.2, 0.25) is 11.9 Å². The predicted molar refractivity (Wildman–Crippen MR) is 101 cm³/mol. The fraction of sp³-hybridized carbons (Fsp3) is 0.706. The van der Waals surface area contributed by atoms with Gasteiger partial charge in [-0.3, -0.25) is 10.1 Å². The van der Waals surface area contributed by atoms with Gasteiger partial charge in [-0.05, 0) is 37.4 Å². The molecule has 5 nitrogen and oxygen atoms in total. The van der Waals surface area contributed by atoms with Crippen LogP contribution < -0.4 is 10.6 Å². The highest BCUT2D eigenvalue weighted by Crippen LogP contribution is 2.52. The van der Waals surface area contributed by atoms with Gasteiger partial charge in [-0.2, -0.15) is 4.98 Å². The first kappa shape index (κ1) is 17.8. The van der Waals surface area contributed by atoms with E-state index in [0.29, 0.717) is 11.1 Å². The number of hydrogen-bond donors (Lipinski definition) is 2. The number of hydrogen-bond acceptors (Lipinski definition) is 5. The van der Waals surface area contributed by atoms with E-state index in [1.165, 1.54) is 6.42 Å². The van der Waals surface area contributed by atoms with Crippen LogP contribution in [-0.2, 0) is 4.79 Å². The second-order valence-electron chi connectivity index (χ2n) is 7.65. The normalized spacial score (nSPS) is 25.6. The summed E-state index contributed by atoms with van der Waals surface area (Å²) < 4.78 is 0. The highest BCUT2D eigenvalue weighted by atomic mass is 35.5. The summed E-state index contributed by atoms with van der Waals surface area (Å²) in [6, 6.07) is 0. The fourth-order valence-electron chi connectivity index (χ4n) is 3.50. The number of carbonyl (C=O) groups excluding carboxylic acids is 1. The molecular weight excluding hydrogens is 344 g/mol. The molecule has 2 bridgehead atoms. The highest BCUT2D eigenvalue weighted by molar-refractivity contribution is 8.00. The second-order valence-corrected chi connectivity index (χ2v) is 9.66. The Morgan fingerprint density at radius 2 is 2.21 bits per heavy atom. The number of anilines is 2. The molecule has 0 radical (unpaired) electrons. The van der Waals surface area contributed by atoms with Crippen molar-refractivity contribution in [3.63, 3.8) is 0 Å². The van der Waals surface area contributed by atoms with Crippen LogP contribution in [0, 0.1) is 5.41 Å². The smallest absolute Gasteiger partial charge is 0.232 e. The van der Waals surface area contributed by atoms with Gasteiger partial charge < -0.3 is 5.32 Å². The molecule has 0 spiro atoms. The van der Waals surface area contributed by atoms with Gasteiger partial charge in [-0.1, -0.05) is 39.3 Å². The van der Waals surface area contributed by atoms with Crippen molar-refractivity contribution in [2.24, 2.45) is 5.41 Å². The molecule has 3 rings (SSSR count). The molecule has 2 aliphatic rings. The summed E-state index contributed by atoms with van der Waals surface area (Å²) in [7, 11) is 0. The van der Waals surface area contributed by atoms with Crippen LogP contribution in [0.1, 0.15) is 64.9 Å². The molecule has 24 heavy (non-hydrogen) atoms. The number of nitrogens with one attached hydrogen (secondary N) is 2. The molecule has 0 unspecified atom stereocenters. The minimum absolute atomic E-state index is 0.0354. The summed E-state index contributed by atoms with van der Waals surface area (Å²) in [4.78, 5) is 21.2. The molecule has 132 valence electrons. The average molecular weight is 369 g/mol. The summed E-state index contributed by atoms with van der Waals surface area (Å²) in [5.74, 6) is 2.40. The third-order valence-corrected chi connectivity index (χ3v) is 6.29. The monoisotopic (exact) mass is 368 g/mol. The zero-order valence-electron chi connectivity index (χ0n) is 14.7.